The molecule has 3 nitrogen and oxygen atoms in total. The Hall–Kier alpha value is -1.22. The maximum Gasteiger partial charge on any atom is 0.127 e. The van der Waals surface area contributed by atoms with Gasteiger partial charge in [-0.25, -0.2) is 0 Å². The van der Waals surface area contributed by atoms with Crippen molar-refractivity contribution in [3.05, 3.63) is 23.8 Å². The van der Waals surface area contributed by atoms with Crippen molar-refractivity contribution in [3.63, 3.8) is 0 Å². The minimum Gasteiger partial charge on any atom is -0.507 e. The van der Waals surface area contributed by atoms with Gasteiger partial charge in [-0.05, 0) is 12.1 Å². The minimum absolute atomic E-state index is 0.204. The van der Waals surface area contributed by atoms with Crippen LogP contribution in [0.2, 0.25) is 0 Å². The molecule has 82 valence electrons. The van der Waals surface area contributed by atoms with Gasteiger partial charge in [-0.15, -0.1) is 0 Å². The first-order valence-electron chi connectivity index (χ1n) is 5.39. The maximum absolute atomic E-state index is 9.82. The van der Waals surface area contributed by atoms with Crippen molar-refractivity contribution >= 4 is 0 Å². The number of fused-ring (bicyclic) bond motifs is 1. The molecule has 1 aliphatic rings. The molecule has 0 saturated heterocycles. The highest BCUT2D eigenvalue weighted by molar-refractivity contribution is 5.47. The van der Waals surface area contributed by atoms with Gasteiger partial charge in [0.2, 0.25) is 0 Å². The third kappa shape index (κ3) is 2.07. The standard InChI is InChI=1S/C12H17NO2/c1-8(2)13-9-6-7-15-11-5-3-4-10(14)12(9)11/h3-5,8-9,13-14H,6-7H2,1-2H3. The van der Waals surface area contributed by atoms with Gasteiger partial charge >= 0.3 is 0 Å². The molecule has 0 aromatic heterocycles. The van der Waals surface area contributed by atoms with Gasteiger partial charge in [-0.1, -0.05) is 19.9 Å². The second-order valence-electron chi connectivity index (χ2n) is 4.20. The van der Waals surface area contributed by atoms with Gasteiger partial charge in [0.1, 0.15) is 11.5 Å². The molecule has 0 amide bonds. The first-order valence-corrected chi connectivity index (χ1v) is 5.39. The van der Waals surface area contributed by atoms with Crippen molar-refractivity contribution in [2.45, 2.75) is 32.4 Å². The van der Waals surface area contributed by atoms with Gasteiger partial charge in [-0.2, -0.15) is 0 Å². The highest BCUT2D eigenvalue weighted by Crippen LogP contribution is 2.38. The molecule has 1 unspecified atom stereocenters. The second-order valence-corrected chi connectivity index (χ2v) is 4.20. The first kappa shape index (κ1) is 10.3. The number of rotatable bonds is 2. The number of benzene rings is 1. The SMILES string of the molecule is CC(C)NC1CCOc2cccc(O)c21. The molecule has 0 aliphatic carbocycles. The number of nitrogens with one attached hydrogen (secondary N) is 1. The van der Waals surface area contributed by atoms with E-state index in [0.29, 0.717) is 18.4 Å². The lowest BCUT2D eigenvalue weighted by atomic mass is 9.99. The summed E-state index contributed by atoms with van der Waals surface area (Å²) in [6.45, 7) is 4.92. The van der Waals surface area contributed by atoms with E-state index in [0.717, 1.165) is 17.7 Å². The van der Waals surface area contributed by atoms with Crippen LogP contribution in [0.4, 0.5) is 0 Å². The van der Waals surface area contributed by atoms with Crippen LogP contribution in [0, 0.1) is 0 Å². The summed E-state index contributed by atoms with van der Waals surface area (Å²) in [5, 5.41) is 13.3. The van der Waals surface area contributed by atoms with Gasteiger partial charge in [0, 0.05) is 18.5 Å². The molecule has 1 atom stereocenters. The van der Waals surface area contributed by atoms with E-state index in [9.17, 15) is 5.11 Å². The molecule has 3 heteroatoms. The molecular formula is C12H17NO2. The largest absolute Gasteiger partial charge is 0.507 e. The first-order chi connectivity index (χ1) is 7.18. The van der Waals surface area contributed by atoms with Crippen LogP contribution < -0.4 is 10.1 Å². The highest BCUT2D eigenvalue weighted by Gasteiger charge is 2.24. The molecule has 0 saturated carbocycles. The van der Waals surface area contributed by atoms with Crippen molar-refractivity contribution in [2.75, 3.05) is 6.61 Å². The Balaban J connectivity index is 2.32. The maximum atomic E-state index is 9.82. The fourth-order valence-electron chi connectivity index (χ4n) is 2.01. The predicted molar refractivity (Wildman–Crippen MR) is 59.2 cm³/mol. The Morgan fingerprint density at radius 3 is 3.00 bits per heavy atom. The summed E-state index contributed by atoms with van der Waals surface area (Å²) >= 11 is 0. The van der Waals surface area contributed by atoms with Crippen LogP contribution in [0.3, 0.4) is 0 Å². The van der Waals surface area contributed by atoms with E-state index < -0.39 is 0 Å². The Bertz CT molecular complexity index is 349. The zero-order chi connectivity index (χ0) is 10.8. The van der Waals surface area contributed by atoms with Crippen LogP contribution in [-0.4, -0.2) is 17.8 Å². The van der Waals surface area contributed by atoms with Crippen molar-refractivity contribution in [1.82, 2.24) is 5.32 Å². The molecule has 1 aliphatic heterocycles. The van der Waals surface area contributed by atoms with E-state index in [2.05, 4.69) is 19.2 Å². The van der Waals surface area contributed by atoms with Gasteiger partial charge in [-0.3, -0.25) is 0 Å². The number of phenolic OH excluding ortho intramolecular Hbond substituents is 1. The zero-order valence-electron chi connectivity index (χ0n) is 9.16. The van der Waals surface area contributed by atoms with Crippen molar-refractivity contribution < 1.29 is 9.84 Å². The number of aromatic hydroxyl groups is 1. The van der Waals surface area contributed by atoms with E-state index in [1.165, 1.54) is 0 Å². The van der Waals surface area contributed by atoms with Gasteiger partial charge in [0.25, 0.3) is 0 Å². The quantitative estimate of drug-likeness (QED) is 0.781. The molecule has 0 spiro atoms. The molecule has 0 radical (unpaired) electrons. The molecule has 15 heavy (non-hydrogen) atoms. The molecular weight excluding hydrogens is 190 g/mol. The lowest BCUT2D eigenvalue weighted by Crippen LogP contribution is -2.31. The van der Waals surface area contributed by atoms with Gasteiger partial charge in [0.05, 0.1) is 12.2 Å². The van der Waals surface area contributed by atoms with Crippen molar-refractivity contribution in [1.29, 1.82) is 0 Å². The molecule has 0 bridgehead atoms. The summed E-state index contributed by atoms with van der Waals surface area (Å²) < 4.78 is 5.52. The number of ether oxygens (including phenoxy) is 1. The topological polar surface area (TPSA) is 41.5 Å². The van der Waals surface area contributed by atoms with Crippen LogP contribution in [-0.2, 0) is 0 Å². The summed E-state index contributed by atoms with van der Waals surface area (Å²) in [5.74, 6) is 1.13. The van der Waals surface area contributed by atoms with E-state index in [-0.39, 0.29) is 6.04 Å². The number of hydrogen-bond acceptors (Lipinski definition) is 3. The fraction of sp³-hybridized carbons (Fsp3) is 0.500. The minimum atomic E-state index is 0.204. The average Bonchev–Trinajstić information content (AvgIpc) is 2.17. The van der Waals surface area contributed by atoms with Crippen LogP contribution in [0.25, 0.3) is 0 Å². The summed E-state index contributed by atoms with van der Waals surface area (Å²) in [5.41, 5.74) is 0.900. The van der Waals surface area contributed by atoms with Crippen LogP contribution >= 0.6 is 0 Å². The lowest BCUT2D eigenvalue weighted by molar-refractivity contribution is 0.242. The summed E-state index contributed by atoms with van der Waals surface area (Å²) in [4.78, 5) is 0. The number of phenols is 1. The second kappa shape index (κ2) is 4.11. The van der Waals surface area contributed by atoms with Crippen molar-refractivity contribution in [2.24, 2.45) is 0 Å². The van der Waals surface area contributed by atoms with Gasteiger partial charge < -0.3 is 15.2 Å². The highest BCUT2D eigenvalue weighted by atomic mass is 16.5. The number of hydrogen-bond donors (Lipinski definition) is 2. The molecule has 2 rings (SSSR count). The molecule has 1 aromatic carbocycles. The third-order valence-corrected chi connectivity index (χ3v) is 2.59. The Labute approximate surface area is 90.1 Å². The van der Waals surface area contributed by atoms with E-state index in [1.807, 2.05) is 12.1 Å². The predicted octanol–water partition coefficient (Wildman–Crippen LogP) is 2.21. The Kier molecular flexibility index (Phi) is 2.82. The van der Waals surface area contributed by atoms with Crippen LogP contribution in [0.15, 0.2) is 18.2 Å². The zero-order valence-corrected chi connectivity index (χ0v) is 9.16. The van der Waals surface area contributed by atoms with Gasteiger partial charge in [0.15, 0.2) is 0 Å². The smallest absolute Gasteiger partial charge is 0.127 e. The average molecular weight is 207 g/mol. The fourth-order valence-corrected chi connectivity index (χ4v) is 2.01. The molecule has 0 fully saturated rings. The normalized spacial score (nSPS) is 19.8. The summed E-state index contributed by atoms with van der Waals surface area (Å²) in [6.07, 6.45) is 0.906. The molecule has 1 aromatic rings. The third-order valence-electron chi connectivity index (χ3n) is 2.59. The Morgan fingerprint density at radius 2 is 2.27 bits per heavy atom. The van der Waals surface area contributed by atoms with Crippen molar-refractivity contribution in [3.8, 4) is 11.5 Å². The van der Waals surface area contributed by atoms with E-state index in [4.69, 9.17) is 4.74 Å². The van der Waals surface area contributed by atoms with Crippen LogP contribution in [0.5, 0.6) is 11.5 Å². The molecule has 1 heterocycles. The summed E-state index contributed by atoms with van der Waals surface area (Å²) in [7, 11) is 0. The Morgan fingerprint density at radius 1 is 1.47 bits per heavy atom. The molecule has 2 N–H and O–H groups in total. The van der Waals surface area contributed by atoms with E-state index >= 15 is 0 Å². The monoisotopic (exact) mass is 207 g/mol. The van der Waals surface area contributed by atoms with E-state index in [1.54, 1.807) is 6.07 Å². The van der Waals surface area contributed by atoms with Crippen LogP contribution in [0.1, 0.15) is 31.9 Å². The lowest BCUT2D eigenvalue weighted by Gasteiger charge is -2.28. The summed E-state index contributed by atoms with van der Waals surface area (Å²) in [6, 6.07) is 6.04.